The maximum absolute atomic E-state index is 11.4. The molecule has 76 valence electrons. The van der Waals surface area contributed by atoms with Crippen molar-refractivity contribution in [3.63, 3.8) is 0 Å². The molecule has 0 saturated carbocycles. The Morgan fingerprint density at radius 2 is 2.50 bits per heavy atom. The number of aromatic nitrogens is 1. The van der Waals surface area contributed by atoms with Gasteiger partial charge in [0.1, 0.15) is 0 Å². The number of nitrogens with two attached hydrogens (primary N) is 1. The van der Waals surface area contributed by atoms with Crippen molar-refractivity contribution in [1.29, 1.82) is 0 Å². The summed E-state index contributed by atoms with van der Waals surface area (Å²) in [6, 6.07) is 1.10. The predicted molar refractivity (Wildman–Crippen MR) is 56.1 cm³/mol. The number of rotatable bonds is 3. The van der Waals surface area contributed by atoms with Gasteiger partial charge < -0.3 is 11.1 Å². The molecular formula is C9H12ClN3O. The number of carbonyl (C=O) groups is 1. The average Bonchev–Trinajstić information content (AvgIpc) is 2.20. The molecule has 14 heavy (non-hydrogen) atoms. The minimum Gasteiger partial charge on any atom is -0.322 e. The molecule has 3 N–H and O–H groups in total. The van der Waals surface area contributed by atoms with Crippen LogP contribution in [0.2, 0.25) is 5.02 Å². The van der Waals surface area contributed by atoms with Gasteiger partial charge in [-0.1, -0.05) is 18.5 Å². The van der Waals surface area contributed by atoms with Crippen LogP contribution >= 0.6 is 11.6 Å². The van der Waals surface area contributed by atoms with Gasteiger partial charge in [0, 0.05) is 6.20 Å². The number of hydrogen-bond acceptors (Lipinski definition) is 3. The third-order valence-electron chi connectivity index (χ3n) is 1.80. The molecule has 0 aromatic carbocycles. The van der Waals surface area contributed by atoms with Crippen LogP contribution in [0.15, 0.2) is 18.5 Å². The minimum atomic E-state index is -0.508. The molecule has 0 aliphatic rings. The van der Waals surface area contributed by atoms with E-state index in [-0.39, 0.29) is 5.91 Å². The first-order valence-corrected chi connectivity index (χ1v) is 4.69. The van der Waals surface area contributed by atoms with Crippen LogP contribution in [0.1, 0.15) is 13.3 Å². The molecule has 1 unspecified atom stereocenters. The fraction of sp³-hybridized carbons (Fsp3) is 0.333. The van der Waals surface area contributed by atoms with Gasteiger partial charge in [0.05, 0.1) is 22.9 Å². The summed E-state index contributed by atoms with van der Waals surface area (Å²) in [4.78, 5) is 15.2. The largest absolute Gasteiger partial charge is 0.322 e. The monoisotopic (exact) mass is 213 g/mol. The molecule has 5 heteroatoms. The molecule has 0 aliphatic carbocycles. The number of nitrogens with one attached hydrogen (secondary N) is 1. The molecule has 1 amide bonds. The van der Waals surface area contributed by atoms with Crippen molar-refractivity contribution in [2.24, 2.45) is 5.73 Å². The normalized spacial score (nSPS) is 12.2. The van der Waals surface area contributed by atoms with Gasteiger partial charge in [0.25, 0.3) is 0 Å². The molecule has 0 aliphatic heterocycles. The van der Waals surface area contributed by atoms with Crippen molar-refractivity contribution in [3.8, 4) is 0 Å². The number of anilines is 1. The van der Waals surface area contributed by atoms with E-state index >= 15 is 0 Å². The Bertz CT molecular complexity index is 330. The molecule has 0 fully saturated rings. The third kappa shape index (κ3) is 2.68. The highest BCUT2D eigenvalue weighted by Gasteiger charge is 2.12. The molecule has 0 saturated heterocycles. The van der Waals surface area contributed by atoms with Gasteiger partial charge in [-0.15, -0.1) is 0 Å². The number of pyridine rings is 1. The molecule has 1 heterocycles. The van der Waals surface area contributed by atoms with Gasteiger partial charge in [-0.3, -0.25) is 9.78 Å². The van der Waals surface area contributed by atoms with Crippen molar-refractivity contribution in [1.82, 2.24) is 4.98 Å². The predicted octanol–water partition coefficient (Wildman–Crippen LogP) is 1.41. The topological polar surface area (TPSA) is 68.0 Å². The SMILES string of the molecule is CCC(N)C(=O)Nc1cnccc1Cl. The van der Waals surface area contributed by atoms with Crippen molar-refractivity contribution in [2.45, 2.75) is 19.4 Å². The summed E-state index contributed by atoms with van der Waals surface area (Å²) in [5.41, 5.74) is 6.03. The van der Waals surface area contributed by atoms with Crippen LogP contribution in [0.3, 0.4) is 0 Å². The Morgan fingerprint density at radius 3 is 3.07 bits per heavy atom. The maximum Gasteiger partial charge on any atom is 0.241 e. The Morgan fingerprint density at radius 1 is 1.79 bits per heavy atom. The Labute approximate surface area is 87.5 Å². The number of nitrogens with zero attached hydrogens (tertiary/aromatic N) is 1. The molecule has 1 rings (SSSR count). The lowest BCUT2D eigenvalue weighted by atomic mass is 10.2. The van der Waals surface area contributed by atoms with E-state index in [0.29, 0.717) is 17.1 Å². The van der Waals surface area contributed by atoms with Crippen LogP contribution in [0.4, 0.5) is 5.69 Å². The molecule has 1 aromatic rings. The highest BCUT2D eigenvalue weighted by atomic mass is 35.5. The lowest BCUT2D eigenvalue weighted by molar-refractivity contribution is -0.117. The zero-order chi connectivity index (χ0) is 10.6. The summed E-state index contributed by atoms with van der Waals surface area (Å²) in [6.07, 6.45) is 3.63. The number of hydrogen-bond donors (Lipinski definition) is 2. The van der Waals surface area contributed by atoms with Crippen LogP contribution in [0.5, 0.6) is 0 Å². The summed E-state index contributed by atoms with van der Waals surface area (Å²) < 4.78 is 0. The highest BCUT2D eigenvalue weighted by molar-refractivity contribution is 6.33. The van der Waals surface area contributed by atoms with Gasteiger partial charge in [-0.25, -0.2) is 0 Å². The van der Waals surface area contributed by atoms with Gasteiger partial charge in [0.2, 0.25) is 5.91 Å². The summed E-state index contributed by atoms with van der Waals surface area (Å²) in [6.45, 7) is 1.84. The lowest BCUT2D eigenvalue weighted by Crippen LogP contribution is -2.34. The van der Waals surface area contributed by atoms with E-state index < -0.39 is 6.04 Å². The van der Waals surface area contributed by atoms with Crippen molar-refractivity contribution in [3.05, 3.63) is 23.5 Å². The van der Waals surface area contributed by atoms with Gasteiger partial charge in [-0.2, -0.15) is 0 Å². The summed E-state index contributed by atoms with van der Waals surface area (Å²) >= 11 is 5.82. The fourth-order valence-electron chi connectivity index (χ4n) is 0.880. The minimum absolute atomic E-state index is 0.248. The molecule has 0 spiro atoms. The Kier molecular flexibility index (Phi) is 3.85. The van der Waals surface area contributed by atoms with Crippen LogP contribution in [0.25, 0.3) is 0 Å². The fourth-order valence-corrected chi connectivity index (χ4v) is 1.03. The smallest absolute Gasteiger partial charge is 0.241 e. The quantitative estimate of drug-likeness (QED) is 0.798. The van der Waals surface area contributed by atoms with Gasteiger partial charge in [0.15, 0.2) is 0 Å². The van der Waals surface area contributed by atoms with Crippen LogP contribution < -0.4 is 11.1 Å². The van der Waals surface area contributed by atoms with Crippen LogP contribution in [0, 0.1) is 0 Å². The second-order valence-electron chi connectivity index (χ2n) is 2.86. The first kappa shape index (κ1) is 10.9. The van der Waals surface area contributed by atoms with Crippen LogP contribution in [-0.2, 0) is 4.79 Å². The molecule has 0 bridgehead atoms. The van der Waals surface area contributed by atoms with E-state index in [2.05, 4.69) is 10.3 Å². The van der Waals surface area contributed by atoms with E-state index in [0.717, 1.165) is 0 Å². The standard InChI is InChI=1S/C9H12ClN3O/c1-2-7(11)9(14)13-8-5-12-4-3-6(8)10/h3-5,7H,2,11H2,1H3,(H,13,14). The van der Waals surface area contributed by atoms with E-state index in [9.17, 15) is 4.79 Å². The average molecular weight is 214 g/mol. The lowest BCUT2D eigenvalue weighted by Gasteiger charge is -2.10. The summed E-state index contributed by atoms with van der Waals surface area (Å²) in [5.74, 6) is -0.248. The van der Waals surface area contributed by atoms with Crippen molar-refractivity contribution in [2.75, 3.05) is 5.32 Å². The zero-order valence-corrected chi connectivity index (χ0v) is 8.58. The number of halogens is 1. The van der Waals surface area contributed by atoms with E-state index in [4.69, 9.17) is 17.3 Å². The van der Waals surface area contributed by atoms with Crippen LogP contribution in [-0.4, -0.2) is 16.9 Å². The van der Waals surface area contributed by atoms with Gasteiger partial charge in [-0.05, 0) is 12.5 Å². The second-order valence-corrected chi connectivity index (χ2v) is 3.27. The molecule has 1 atom stereocenters. The summed E-state index contributed by atoms with van der Waals surface area (Å²) in [5, 5.41) is 3.06. The molecule has 0 radical (unpaired) electrons. The summed E-state index contributed by atoms with van der Waals surface area (Å²) in [7, 11) is 0. The Balaban J connectivity index is 2.70. The van der Waals surface area contributed by atoms with E-state index in [1.165, 1.54) is 6.20 Å². The number of amides is 1. The molecular weight excluding hydrogens is 202 g/mol. The highest BCUT2D eigenvalue weighted by Crippen LogP contribution is 2.19. The maximum atomic E-state index is 11.4. The third-order valence-corrected chi connectivity index (χ3v) is 2.13. The first-order valence-electron chi connectivity index (χ1n) is 4.31. The Hall–Kier alpha value is -1.13. The van der Waals surface area contributed by atoms with E-state index in [1.54, 1.807) is 12.3 Å². The van der Waals surface area contributed by atoms with Crippen molar-refractivity contribution >= 4 is 23.2 Å². The zero-order valence-electron chi connectivity index (χ0n) is 7.83. The number of carbonyl (C=O) groups excluding carboxylic acids is 1. The molecule has 4 nitrogen and oxygen atoms in total. The van der Waals surface area contributed by atoms with Crippen molar-refractivity contribution < 1.29 is 4.79 Å². The molecule has 1 aromatic heterocycles. The van der Waals surface area contributed by atoms with Gasteiger partial charge >= 0.3 is 0 Å². The first-order chi connectivity index (χ1) is 6.65. The van der Waals surface area contributed by atoms with E-state index in [1.807, 2.05) is 6.92 Å². The second kappa shape index (κ2) is 4.93.